The van der Waals surface area contributed by atoms with Crippen molar-refractivity contribution in [3.63, 3.8) is 0 Å². The van der Waals surface area contributed by atoms with Crippen molar-refractivity contribution in [1.29, 1.82) is 0 Å². The Morgan fingerprint density at radius 3 is 2.90 bits per heavy atom. The second-order valence-corrected chi connectivity index (χ2v) is 8.93. The molecule has 3 aromatic rings. The Hall–Kier alpha value is -2.98. The van der Waals surface area contributed by atoms with Crippen LogP contribution in [-0.2, 0) is 27.7 Å². The number of carbonyl (C=O) groups is 1. The highest BCUT2D eigenvalue weighted by Crippen LogP contribution is 2.31. The summed E-state index contributed by atoms with van der Waals surface area (Å²) in [5, 5.41) is 0.209. The maximum Gasteiger partial charge on any atom is 0.263 e. The third-order valence-electron chi connectivity index (χ3n) is 4.63. The van der Waals surface area contributed by atoms with Crippen molar-refractivity contribution in [2.24, 2.45) is 0 Å². The van der Waals surface area contributed by atoms with Gasteiger partial charge in [0.25, 0.3) is 10.0 Å². The van der Waals surface area contributed by atoms with Gasteiger partial charge in [-0.05, 0) is 47.9 Å². The summed E-state index contributed by atoms with van der Waals surface area (Å²) >= 11 is 0.964. The first-order valence-corrected chi connectivity index (χ1v) is 11.1. The highest BCUT2D eigenvalue weighted by atomic mass is 32.2. The lowest BCUT2D eigenvalue weighted by Gasteiger charge is -2.18. The molecule has 1 amide bonds. The SMILES string of the molecule is COc1cccc(CC(=O)N2CCc3cc(S(=O)(=O)Nc4ncns4)ccc32)c1. The quantitative estimate of drug-likeness (QED) is 0.645. The van der Waals surface area contributed by atoms with Gasteiger partial charge in [0.1, 0.15) is 12.1 Å². The maximum atomic E-state index is 12.8. The lowest BCUT2D eigenvalue weighted by atomic mass is 10.1. The first kappa shape index (κ1) is 19.3. The number of carbonyl (C=O) groups excluding carboxylic acids is 1. The molecule has 0 radical (unpaired) electrons. The number of ether oxygens (including phenoxy) is 1. The van der Waals surface area contributed by atoms with Crippen molar-refractivity contribution in [2.75, 3.05) is 23.3 Å². The Kier molecular flexibility index (Phi) is 5.20. The average molecular weight is 431 g/mol. The van der Waals surface area contributed by atoms with Gasteiger partial charge in [-0.3, -0.25) is 9.52 Å². The van der Waals surface area contributed by atoms with Gasteiger partial charge in [-0.1, -0.05) is 12.1 Å². The van der Waals surface area contributed by atoms with Crippen LogP contribution in [0.15, 0.2) is 53.7 Å². The van der Waals surface area contributed by atoms with E-state index >= 15 is 0 Å². The molecule has 0 spiro atoms. The molecule has 0 bridgehead atoms. The van der Waals surface area contributed by atoms with Crippen molar-refractivity contribution in [3.05, 3.63) is 59.9 Å². The van der Waals surface area contributed by atoms with Gasteiger partial charge in [-0.25, -0.2) is 13.4 Å². The topological polar surface area (TPSA) is 101 Å². The number of rotatable bonds is 6. The van der Waals surface area contributed by atoms with E-state index in [1.807, 2.05) is 24.3 Å². The second kappa shape index (κ2) is 7.80. The first-order valence-electron chi connectivity index (χ1n) is 8.82. The zero-order chi connectivity index (χ0) is 20.4. The predicted molar refractivity (Wildman–Crippen MR) is 110 cm³/mol. The molecule has 2 heterocycles. The summed E-state index contributed by atoms with van der Waals surface area (Å²) in [5.74, 6) is 0.662. The third-order valence-corrected chi connectivity index (χ3v) is 6.68. The summed E-state index contributed by atoms with van der Waals surface area (Å²) in [6, 6.07) is 12.2. The van der Waals surface area contributed by atoms with E-state index < -0.39 is 10.0 Å². The maximum absolute atomic E-state index is 12.8. The van der Waals surface area contributed by atoms with Crippen molar-refractivity contribution < 1.29 is 17.9 Å². The van der Waals surface area contributed by atoms with E-state index in [0.717, 1.165) is 28.3 Å². The Bertz CT molecular complexity index is 1150. The number of fused-ring (bicyclic) bond motifs is 1. The molecule has 0 saturated heterocycles. The van der Waals surface area contributed by atoms with Gasteiger partial charge in [0, 0.05) is 23.8 Å². The lowest BCUT2D eigenvalue weighted by molar-refractivity contribution is -0.117. The van der Waals surface area contributed by atoms with Crippen LogP contribution >= 0.6 is 11.5 Å². The van der Waals surface area contributed by atoms with E-state index in [9.17, 15) is 13.2 Å². The van der Waals surface area contributed by atoms with Crippen LogP contribution < -0.4 is 14.4 Å². The number of hydrogen-bond donors (Lipinski definition) is 1. The molecular weight excluding hydrogens is 412 g/mol. The molecule has 0 fully saturated rings. The molecule has 8 nitrogen and oxygen atoms in total. The molecule has 4 rings (SSSR count). The summed E-state index contributed by atoms with van der Waals surface area (Å²) in [6.07, 6.45) is 2.13. The summed E-state index contributed by atoms with van der Waals surface area (Å²) in [6.45, 7) is 0.519. The number of anilines is 2. The fourth-order valence-corrected chi connectivity index (χ4v) is 4.96. The molecule has 0 unspecified atom stereocenters. The normalized spacial score (nSPS) is 13.2. The van der Waals surface area contributed by atoms with Crippen LogP contribution in [0.3, 0.4) is 0 Å². The number of nitrogens with zero attached hydrogens (tertiary/aromatic N) is 3. The molecular formula is C19H18N4O4S2. The smallest absolute Gasteiger partial charge is 0.263 e. The minimum Gasteiger partial charge on any atom is -0.497 e. The molecule has 150 valence electrons. The predicted octanol–water partition coefficient (Wildman–Crippen LogP) is 2.48. The van der Waals surface area contributed by atoms with Crippen molar-refractivity contribution in [3.8, 4) is 5.75 Å². The van der Waals surface area contributed by atoms with Crippen molar-refractivity contribution in [1.82, 2.24) is 9.36 Å². The van der Waals surface area contributed by atoms with Crippen molar-refractivity contribution in [2.45, 2.75) is 17.7 Å². The van der Waals surface area contributed by atoms with Gasteiger partial charge in [0.2, 0.25) is 11.0 Å². The summed E-state index contributed by atoms with van der Waals surface area (Å²) in [5.41, 5.74) is 2.43. The van der Waals surface area contributed by atoms with Gasteiger partial charge in [-0.2, -0.15) is 4.37 Å². The van der Waals surface area contributed by atoms with Crippen LogP contribution in [0.25, 0.3) is 0 Å². The number of sulfonamides is 1. The van der Waals surface area contributed by atoms with E-state index in [4.69, 9.17) is 4.74 Å². The molecule has 10 heteroatoms. The van der Waals surface area contributed by atoms with Crippen LogP contribution in [0.5, 0.6) is 5.75 Å². The number of nitrogens with one attached hydrogen (secondary N) is 1. The van der Waals surface area contributed by atoms with Gasteiger partial charge in [0.05, 0.1) is 18.4 Å². The largest absolute Gasteiger partial charge is 0.497 e. The number of benzene rings is 2. The summed E-state index contributed by atoms with van der Waals surface area (Å²) in [4.78, 5) is 18.5. The Labute approximate surface area is 172 Å². The molecule has 1 aliphatic rings. The molecule has 1 aliphatic heterocycles. The van der Waals surface area contributed by atoms with Crippen LogP contribution in [0.2, 0.25) is 0 Å². The van der Waals surface area contributed by atoms with Gasteiger partial charge < -0.3 is 9.64 Å². The Morgan fingerprint density at radius 1 is 1.28 bits per heavy atom. The lowest BCUT2D eigenvalue weighted by Crippen LogP contribution is -2.30. The molecule has 2 aromatic carbocycles. The average Bonchev–Trinajstić information content (AvgIpc) is 3.36. The second-order valence-electron chi connectivity index (χ2n) is 6.47. The van der Waals surface area contributed by atoms with E-state index in [1.165, 1.54) is 12.4 Å². The molecule has 0 atom stereocenters. The molecule has 1 aromatic heterocycles. The monoisotopic (exact) mass is 430 g/mol. The van der Waals surface area contributed by atoms with E-state index in [2.05, 4.69) is 14.1 Å². The van der Waals surface area contributed by atoms with Gasteiger partial charge in [0.15, 0.2) is 0 Å². The van der Waals surface area contributed by atoms with E-state index in [-0.39, 0.29) is 22.4 Å². The minimum atomic E-state index is -3.76. The summed E-state index contributed by atoms with van der Waals surface area (Å²) < 4.78 is 36.5. The van der Waals surface area contributed by atoms with Gasteiger partial charge in [-0.15, -0.1) is 0 Å². The minimum absolute atomic E-state index is 0.0420. The number of methoxy groups -OCH3 is 1. The fraction of sp³-hybridized carbons (Fsp3) is 0.211. The van der Waals surface area contributed by atoms with Crippen LogP contribution in [0.4, 0.5) is 10.8 Å². The number of amides is 1. The zero-order valence-corrected chi connectivity index (χ0v) is 17.2. The first-order chi connectivity index (χ1) is 14.0. The van der Waals surface area contributed by atoms with Crippen LogP contribution in [0, 0.1) is 0 Å². The molecule has 1 N–H and O–H groups in total. The Balaban J connectivity index is 1.52. The van der Waals surface area contributed by atoms with Crippen molar-refractivity contribution >= 4 is 38.3 Å². The molecule has 0 aliphatic carbocycles. The fourth-order valence-electron chi connectivity index (χ4n) is 3.25. The van der Waals surface area contributed by atoms with E-state index in [1.54, 1.807) is 24.1 Å². The van der Waals surface area contributed by atoms with Gasteiger partial charge >= 0.3 is 0 Å². The van der Waals surface area contributed by atoms with E-state index in [0.29, 0.717) is 18.7 Å². The van der Waals surface area contributed by atoms with Crippen LogP contribution in [-0.4, -0.2) is 37.3 Å². The highest BCUT2D eigenvalue weighted by molar-refractivity contribution is 7.93. The number of hydrogen-bond acceptors (Lipinski definition) is 7. The number of aromatic nitrogens is 2. The Morgan fingerprint density at radius 2 is 2.14 bits per heavy atom. The molecule has 29 heavy (non-hydrogen) atoms. The summed E-state index contributed by atoms with van der Waals surface area (Å²) in [7, 11) is -2.17. The van der Waals surface area contributed by atoms with Crippen LogP contribution in [0.1, 0.15) is 11.1 Å². The highest BCUT2D eigenvalue weighted by Gasteiger charge is 2.27. The molecule has 0 saturated carbocycles. The zero-order valence-electron chi connectivity index (χ0n) is 15.5. The third kappa shape index (κ3) is 4.08. The standard InChI is InChI=1S/C19H18N4O4S2/c1-27-15-4-2-3-13(9-15)10-18(24)23-8-7-14-11-16(5-6-17(14)23)29(25,26)22-19-20-12-21-28-19/h2-6,9,11-12H,7-8,10H2,1H3,(H,20,21,22).